The fourth-order valence-electron chi connectivity index (χ4n) is 5.15. The highest BCUT2D eigenvalue weighted by molar-refractivity contribution is 6.30. The molecular weight excluding hydrogens is 308 g/mol. The molecule has 1 fully saturated rings. The largest absolute Gasteiger partial charge is 0.284 e. The Hall–Kier alpha value is -1.48. The molecule has 0 spiro atoms. The lowest BCUT2D eigenvalue weighted by Crippen LogP contribution is -2.35. The first-order chi connectivity index (χ1) is 10.7. The number of aryl methyl sites for hydroxylation is 1. The molecule has 0 amide bonds. The van der Waals surface area contributed by atoms with Crippen LogP contribution in [0.4, 0.5) is 0 Å². The first-order valence-electron chi connectivity index (χ1n) is 8.28. The van der Waals surface area contributed by atoms with E-state index in [2.05, 4.69) is 25.5 Å². The number of rotatable bonds is 1. The molecule has 2 aliphatic rings. The zero-order valence-electron chi connectivity index (χ0n) is 14.4. The van der Waals surface area contributed by atoms with Crippen LogP contribution < -0.4 is 5.56 Å². The lowest BCUT2D eigenvalue weighted by atomic mass is 9.70. The van der Waals surface area contributed by atoms with Gasteiger partial charge in [0.25, 0.3) is 5.56 Å². The predicted molar refractivity (Wildman–Crippen MR) is 93.9 cm³/mol. The zero-order chi connectivity index (χ0) is 16.7. The Kier molecular flexibility index (Phi) is 2.83. The van der Waals surface area contributed by atoms with Crippen LogP contribution in [0.15, 0.2) is 23.0 Å². The van der Waals surface area contributed by atoms with Crippen molar-refractivity contribution in [2.75, 3.05) is 0 Å². The van der Waals surface area contributed by atoms with E-state index in [4.69, 9.17) is 11.6 Å². The van der Waals surface area contributed by atoms with Gasteiger partial charge in [0.05, 0.1) is 11.4 Å². The molecule has 1 heterocycles. The Labute approximate surface area is 141 Å². The van der Waals surface area contributed by atoms with Crippen molar-refractivity contribution in [1.29, 1.82) is 0 Å². The van der Waals surface area contributed by atoms with E-state index in [1.165, 1.54) is 5.69 Å². The van der Waals surface area contributed by atoms with E-state index in [0.717, 1.165) is 29.7 Å². The third kappa shape index (κ3) is 1.64. The summed E-state index contributed by atoms with van der Waals surface area (Å²) in [6.07, 6.45) is 2.27. The van der Waals surface area contributed by atoms with Crippen LogP contribution in [0.5, 0.6) is 0 Å². The third-order valence-electron chi connectivity index (χ3n) is 6.67. The average Bonchev–Trinajstić information content (AvgIpc) is 2.89. The van der Waals surface area contributed by atoms with Gasteiger partial charge in [0.15, 0.2) is 0 Å². The van der Waals surface area contributed by atoms with E-state index < -0.39 is 0 Å². The van der Waals surface area contributed by atoms with Gasteiger partial charge in [-0.15, -0.1) is 0 Å². The third-order valence-corrected chi connectivity index (χ3v) is 6.89. The standard InChI is InChI=1S/C19H23ClN2O/c1-11-8-12(20)10-13(9-11)22-17(23)15-14-6-7-19(4,18(14,2)3)16(15)21(22)5/h8-10,14H,6-7H2,1-5H3/t14-,19+/m1/s1. The highest BCUT2D eigenvalue weighted by Crippen LogP contribution is 2.66. The Morgan fingerprint density at radius 1 is 1.22 bits per heavy atom. The maximum Gasteiger partial charge on any atom is 0.275 e. The molecule has 0 saturated heterocycles. The van der Waals surface area contributed by atoms with Crippen LogP contribution >= 0.6 is 11.6 Å². The van der Waals surface area contributed by atoms with Crippen LogP contribution in [0.3, 0.4) is 0 Å². The van der Waals surface area contributed by atoms with Crippen LogP contribution in [0.1, 0.15) is 56.4 Å². The molecule has 0 unspecified atom stereocenters. The monoisotopic (exact) mass is 330 g/mol. The quantitative estimate of drug-likeness (QED) is 0.765. The number of fused-ring (bicyclic) bond motifs is 5. The number of hydrogen-bond donors (Lipinski definition) is 0. The number of benzene rings is 1. The summed E-state index contributed by atoms with van der Waals surface area (Å²) in [6.45, 7) is 8.97. The lowest BCUT2D eigenvalue weighted by Gasteiger charge is -2.36. The van der Waals surface area contributed by atoms with Crippen LogP contribution in [-0.4, -0.2) is 9.36 Å². The SMILES string of the molecule is Cc1cc(Cl)cc(-n2c(=O)c3c(n2C)[C@]2(C)CC[C@H]3C2(C)C)c1. The maximum atomic E-state index is 13.2. The fourth-order valence-corrected chi connectivity index (χ4v) is 5.44. The number of halogens is 1. The van der Waals surface area contributed by atoms with E-state index in [9.17, 15) is 4.79 Å². The van der Waals surface area contributed by atoms with Gasteiger partial charge >= 0.3 is 0 Å². The Bertz CT molecular complexity index is 869. The Morgan fingerprint density at radius 2 is 1.91 bits per heavy atom. The summed E-state index contributed by atoms with van der Waals surface area (Å²) in [5, 5.41) is 0.669. The van der Waals surface area contributed by atoms with E-state index >= 15 is 0 Å². The van der Waals surface area contributed by atoms with E-state index in [1.54, 1.807) is 4.68 Å². The van der Waals surface area contributed by atoms with Gasteiger partial charge in [-0.05, 0) is 54.9 Å². The molecule has 23 heavy (non-hydrogen) atoms. The molecule has 0 N–H and O–H groups in total. The maximum absolute atomic E-state index is 13.2. The molecular formula is C19H23ClN2O. The van der Waals surface area contributed by atoms with Gasteiger partial charge in [-0.2, -0.15) is 0 Å². The first-order valence-corrected chi connectivity index (χ1v) is 8.66. The molecule has 0 radical (unpaired) electrons. The summed E-state index contributed by atoms with van der Waals surface area (Å²) in [6, 6.07) is 5.82. The van der Waals surface area contributed by atoms with Crippen LogP contribution in [0.25, 0.3) is 5.69 Å². The van der Waals surface area contributed by atoms with Gasteiger partial charge < -0.3 is 0 Å². The summed E-state index contributed by atoms with van der Waals surface area (Å²) in [4.78, 5) is 13.2. The van der Waals surface area contributed by atoms with Crippen molar-refractivity contribution in [2.24, 2.45) is 12.5 Å². The topological polar surface area (TPSA) is 26.9 Å². The van der Waals surface area contributed by atoms with Crippen LogP contribution in [-0.2, 0) is 12.5 Å². The second-order valence-corrected chi connectivity index (χ2v) is 8.47. The van der Waals surface area contributed by atoms with Crippen molar-refractivity contribution < 1.29 is 0 Å². The molecule has 4 rings (SSSR count). The lowest BCUT2D eigenvalue weighted by molar-refractivity contribution is 0.218. The van der Waals surface area contributed by atoms with Gasteiger partial charge in [-0.1, -0.05) is 32.4 Å². The summed E-state index contributed by atoms with van der Waals surface area (Å²) >= 11 is 6.22. The zero-order valence-corrected chi connectivity index (χ0v) is 15.2. The molecule has 2 atom stereocenters. The molecule has 4 heteroatoms. The van der Waals surface area contributed by atoms with Gasteiger partial charge in [-0.3, -0.25) is 9.48 Å². The summed E-state index contributed by atoms with van der Waals surface area (Å²) in [5.41, 5.74) is 4.53. The van der Waals surface area contributed by atoms with Crippen molar-refractivity contribution in [3.05, 3.63) is 50.4 Å². The van der Waals surface area contributed by atoms with Gasteiger partial charge in [0.2, 0.25) is 0 Å². The number of hydrogen-bond acceptors (Lipinski definition) is 1. The van der Waals surface area contributed by atoms with E-state index in [0.29, 0.717) is 10.9 Å². The molecule has 1 aromatic heterocycles. The summed E-state index contributed by atoms with van der Waals surface area (Å²) in [7, 11) is 2.01. The van der Waals surface area contributed by atoms with Crippen LogP contribution in [0.2, 0.25) is 5.02 Å². The fraction of sp³-hybridized carbons (Fsp3) is 0.526. The molecule has 122 valence electrons. The minimum absolute atomic E-state index is 0.0692. The Balaban J connectivity index is 2.03. The van der Waals surface area contributed by atoms with Crippen molar-refractivity contribution in [2.45, 2.75) is 51.9 Å². The molecule has 3 nitrogen and oxygen atoms in total. The van der Waals surface area contributed by atoms with Crippen molar-refractivity contribution in [1.82, 2.24) is 9.36 Å². The number of nitrogens with zero attached hydrogens (tertiary/aromatic N) is 2. The molecule has 2 bridgehead atoms. The first kappa shape index (κ1) is 15.1. The van der Waals surface area contributed by atoms with Crippen molar-refractivity contribution in [3.63, 3.8) is 0 Å². The van der Waals surface area contributed by atoms with E-state index in [-0.39, 0.29) is 16.4 Å². The highest BCUT2D eigenvalue weighted by atomic mass is 35.5. The summed E-state index contributed by atoms with van der Waals surface area (Å²) in [5.74, 6) is 0.364. The number of aromatic nitrogens is 2. The van der Waals surface area contributed by atoms with Gasteiger partial charge in [0.1, 0.15) is 0 Å². The average molecular weight is 331 g/mol. The molecule has 2 aliphatic carbocycles. The van der Waals surface area contributed by atoms with Gasteiger partial charge in [-0.25, -0.2) is 4.68 Å². The van der Waals surface area contributed by atoms with Crippen LogP contribution in [0, 0.1) is 12.3 Å². The molecule has 0 aliphatic heterocycles. The minimum atomic E-state index is 0.0692. The smallest absolute Gasteiger partial charge is 0.275 e. The summed E-state index contributed by atoms with van der Waals surface area (Å²) < 4.78 is 3.87. The van der Waals surface area contributed by atoms with Crippen molar-refractivity contribution >= 4 is 11.6 Å². The normalized spacial score (nSPS) is 27.5. The van der Waals surface area contributed by atoms with Gasteiger partial charge in [0, 0.05) is 23.0 Å². The molecule has 1 saturated carbocycles. The Morgan fingerprint density at radius 3 is 2.52 bits per heavy atom. The second kappa shape index (κ2) is 4.32. The predicted octanol–water partition coefficient (Wildman–Crippen LogP) is 4.31. The minimum Gasteiger partial charge on any atom is -0.284 e. The van der Waals surface area contributed by atoms with E-state index in [1.807, 2.05) is 32.2 Å². The molecule has 1 aromatic carbocycles. The molecule has 2 aromatic rings. The van der Waals surface area contributed by atoms with Crippen molar-refractivity contribution in [3.8, 4) is 5.69 Å². The highest BCUT2D eigenvalue weighted by Gasteiger charge is 2.62. The second-order valence-electron chi connectivity index (χ2n) is 8.03.